The third-order valence-electron chi connectivity index (χ3n) is 7.32. The minimum atomic E-state index is -0.237. The molecule has 4 nitrogen and oxygen atoms in total. The lowest BCUT2D eigenvalue weighted by Crippen LogP contribution is -2.19. The van der Waals surface area contributed by atoms with E-state index in [-0.39, 0.29) is 22.7 Å². The van der Waals surface area contributed by atoms with Crippen LogP contribution in [0.3, 0.4) is 0 Å². The first kappa shape index (κ1) is 24.2. The van der Waals surface area contributed by atoms with E-state index in [1.165, 1.54) is 5.56 Å². The number of carbonyl (C=O) groups excluding carboxylic acids is 1. The van der Waals surface area contributed by atoms with Crippen LogP contribution in [0.4, 0.5) is 5.69 Å². The molecule has 36 heavy (non-hydrogen) atoms. The second-order valence-electron chi connectivity index (χ2n) is 12.2. The highest BCUT2D eigenvalue weighted by Crippen LogP contribution is 2.46. The van der Waals surface area contributed by atoms with Crippen LogP contribution in [0.15, 0.2) is 66.9 Å². The molecule has 1 aromatic heterocycles. The van der Waals surface area contributed by atoms with E-state index < -0.39 is 0 Å². The maximum absolute atomic E-state index is 13.1. The Morgan fingerprint density at radius 1 is 0.917 bits per heavy atom. The van der Waals surface area contributed by atoms with Crippen LogP contribution in [0.25, 0.3) is 10.9 Å². The van der Waals surface area contributed by atoms with Crippen molar-refractivity contribution in [1.82, 2.24) is 4.57 Å². The summed E-state index contributed by atoms with van der Waals surface area (Å²) >= 11 is 0. The van der Waals surface area contributed by atoms with Gasteiger partial charge in [-0.15, -0.1) is 0 Å². The van der Waals surface area contributed by atoms with Gasteiger partial charge in [-0.1, -0.05) is 90.1 Å². The molecule has 2 heterocycles. The molecule has 0 radical (unpaired) electrons. The normalized spacial score (nSPS) is 16.2. The predicted molar refractivity (Wildman–Crippen MR) is 148 cm³/mol. The molecular weight excluding hydrogens is 444 g/mol. The number of hydrogen-bond acceptors (Lipinski definition) is 2. The highest BCUT2D eigenvalue weighted by molar-refractivity contribution is 6.06. The molecular formula is C32H36N2O2. The third kappa shape index (κ3) is 4.30. The molecule has 0 aliphatic carbocycles. The fraction of sp³-hybridized carbons (Fsp3) is 0.344. The van der Waals surface area contributed by atoms with Crippen molar-refractivity contribution in [3.63, 3.8) is 0 Å². The summed E-state index contributed by atoms with van der Waals surface area (Å²) < 4.78 is 2.30. The first-order valence-electron chi connectivity index (χ1n) is 12.8. The van der Waals surface area contributed by atoms with Gasteiger partial charge >= 0.3 is 0 Å². The maximum Gasteiger partial charge on any atom is 0.225 e. The fourth-order valence-corrected chi connectivity index (χ4v) is 5.46. The lowest BCUT2D eigenvalue weighted by molar-refractivity contribution is -0.116. The van der Waals surface area contributed by atoms with E-state index in [0.29, 0.717) is 12.2 Å². The zero-order valence-corrected chi connectivity index (χ0v) is 22.1. The number of nitrogens with zero attached hydrogens (tertiary/aromatic N) is 1. The number of phenols is 1. The third-order valence-corrected chi connectivity index (χ3v) is 7.32. The topological polar surface area (TPSA) is 54.3 Å². The van der Waals surface area contributed by atoms with Crippen molar-refractivity contribution in [2.75, 3.05) is 5.32 Å². The van der Waals surface area contributed by atoms with Crippen LogP contribution in [0.5, 0.6) is 5.75 Å². The van der Waals surface area contributed by atoms with Crippen molar-refractivity contribution in [2.24, 2.45) is 0 Å². The van der Waals surface area contributed by atoms with Crippen molar-refractivity contribution in [3.8, 4) is 5.75 Å². The number of hydrogen-bond donors (Lipinski definition) is 2. The van der Waals surface area contributed by atoms with E-state index in [1.54, 1.807) is 0 Å². The zero-order chi connectivity index (χ0) is 25.8. The number of carbonyl (C=O) groups is 1. The zero-order valence-electron chi connectivity index (χ0n) is 22.1. The molecule has 1 atom stereocenters. The molecule has 4 aromatic rings. The van der Waals surface area contributed by atoms with Gasteiger partial charge in [-0.2, -0.15) is 0 Å². The molecule has 4 heteroatoms. The van der Waals surface area contributed by atoms with Gasteiger partial charge in [0.05, 0.1) is 11.2 Å². The molecule has 3 aromatic carbocycles. The largest absolute Gasteiger partial charge is 0.507 e. The van der Waals surface area contributed by atoms with Gasteiger partial charge in [0.15, 0.2) is 0 Å². The van der Waals surface area contributed by atoms with Crippen LogP contribution in [-0.4, -0.2) is 15.6 Å². The summed E-state index contributed by atoms with van der Waals surface area (Å²) in [5, 5.41) is 15.6. The second-order valence-corrected chi connectivity index (χ2v) is 12.2. The van der Waals surface area contributed by atoms with Gasteiger partial charge in [-0.25, -0.2) is 0 Å². The number of phenolic OH excluding ortho intramolecular Hbond substituents is 1. The van der Waals surface area contributed by atoms with E-state index in [1.807, 2.05) is 18.2 Å². The molecule has 1 unspecified atom stereocenters. The van der Waals surface area contributed by atoms with E-state index in [2.05, 4.69) is 100 Å². The second kappa shape index (κ2) is 8.55. The molecule has 0 fully saturated rings. The summed E-state index contributed by atoms with van der Waals surface area (Å²) in [7, 11) is 0. The molecule has 0 saturated carbocycles. The highest BCUT2D eigenvalue weighted by Gasteiger charge is 2.32. The predicted octanol–water partition coefficient (Wildman–Crippen LogP) is 7.46. The number of rotatable bonds is 3. The number of nitrogens with one attached hydrogen (secondary N) is 1. The molecule has 186 valence electrons. The Hall–Kier alpha value is -3.53. The van der Waals surface area contributed by atoms with Gasteiger partial charge in [0, 0.05) is 30.5 Å². The Kier molecular flexibility index (Phi) is 5.74. The van der Waals surface area contributed by atoms with Crippen molar-refractivity contribution in [3.05, 3.63) is 94.7 Å². The summed E-state index contributed by atoms with van der Waals surface area (Å²) in [6.07, 6.45) is 2.59. The van der Waals surface area contributed by atoms with E-state index in [0.717, 1.165) is 45.4 Å². The Balaban J connectivity index is 1.75. The average molecular weight is 481 g/mol. The van der Waals surface area contributed by atoms with Crippen LogP contribution in [0, 0.1) is 0 Å². The molecule has 0 spiro atoms. The van der Waals surface area contributed by atoms with Crippen LogP contribution in [-0.2, 0) is 22.2 Å². The minimum Gasteiger partial charge on any atom is -0.507 e. The number of anilines is 1. The van der Waals surface area contributed by atoms with Crippen LogP contribution < -0.4 is 5.32 Å². The Morgan fingerprint density at radius 2 is 1.56 bits per heavy atom. The number of benzene rings is 3. The van der Waals surface area contributed by atoms with E-state index in [9.17, 15) is 9.90 Å². The Labute approximate surface area is 214 Å². The first-order chi connectivity index (χ1) is 16.9. The molecule has 0 bridgehead atoms. The lowest BCUT2D eigenvalue weighted by Gasteiger charge is -2.29. The van der Waals surface area contributed by atoms with Crippen molar-refractivity contribution >= 4 is 22.5 Å². The summed E-state index contributed by atoms with van der Waals surface area (Å²) in [4.78, 5) is 13.1. The molecule has 1 amide bonds. The molecule has 0 saturated heterocycles. The molecule has 1 aliphatic rings. The number of aromatic nitrogens is 1. The van der Waals surface area contributed by atoms with Gasteiger partial charge in [-0.05, 0) is 50.8 Å². The SMILES string of the molecule is CC(C)(C)c1cc(C2CC(=O)Nc3cccc4c3c2cn4Cc2ccccc2)cc(C(C)(C)C)c1O. The quantitative estimate of drug-likeness (QED) is 0.320. The standard InChI is InChI=1S/C32H36N2O2/c1-31(2,3)24-15-21(16-25(30(24)36)32(4,5)6)22-17-28(35)33-26-13-10-14-27-29(26)23(22)19-34(27)18-20-11-8-7-9-12-20/h7-16,19,22,36H,17-18H2,1-6H3,(H,33,35). The van der Waals surface area contributed by atoms with Crippen molar-refractivity contribution < 1.29 is 9.90 Å². The fourth-order valence-electron chi connectivity index (χ4n) is 5.46. The minimum absolute atomic E-state index is 0.0148. The molecule has 2 N–H and O–H groups in total. The van der Waals surface area contributed by atoms with Gasteiger partial charge in [0.25, 0.3) is 0 Å². The van der Waals surface area contributed by atoms with E-state index in [4.69, 9.17) is 0 Å². The van der Waals surface area contributed by atoms with Gasteiger partial charge in [-0.3, -0.25) is 4.79 Å². The Morgan fingerprint density at radius 3 is 2.17 bits per heavy atom. The summed E-state index contributed by atoms with van der Waals surface area (Å²) in [6, 6.07) is 20.9. The summed E-state index contributed by atoms with van der Waals surface area (Å²) in [5.74, 6) is 0.265. The highest BCUT2D eigenvalue weighted by atomic mass is 16.3. The number of aromatic hydroxyl groups is 1. The average Bonchev–Trinajstić information content (AvgIpc) is 3.08. The van der Waals surface area contributed by atoms with Crippen LogP contribution >= 0.6 is 0 Å². The summed E-state index contributed by atoms with van der Waals surface area (Å²) in [6.45, 7) is 13.5. The molecule has 5 rings (SSSR count). The van der Waals surface area contributed by atoms with Gasteiger partial charge in [0.1, 0.15) is 5.75 Å². The maximum atomic E-state index is 13.1. The van der Waals surface area contributed by atoms with Gasteiger partial charge < -0.3 is 15.0 Å². The van der Waals surface area contributed by atoms with E-state index >= 15 is 0 Å². The van der Waals surface area contributed by atoms with Crippen LogP contribution in [0.1, 0.15) is 81.7 Å². The first-order valence-corrected chi connectivity index (χ1v) is 12.8. The lowest BCUT2D eigenvalue weighted by atomic mass is 9.76. The Bertz CT molecular complexity index is 1410. The smallest absolute Gasteiger partial charge is 0.225 e. The van der Waals surface area contributed by atoms with Gasteiger partial charge in [0.2, 0.25) is 5.91 Å². The monoisotopic (exact) mass is 480 g/mol. The number of amides is 1. The summed E-state index contributed by atoms with van der Waals surface area (Å²) in [5.41, 5.74) is 6.81. The van der Waals surface area contributed by atoms with Crippen LogP contribution in [0.2, 0.25) is 0 Å². The molecule has 1 aliphatic heterocycles. The van der Waals surface area contributed by atoms with Crippen molar-refractivity contribution in [1.29, 1.82) is 0 Å². The van der Waals surface area contributed by atoms with Crippen molar-refractivity contribution in [2.45, 2.75) is 71.3 Å².